The zero-order chi connectivity index (χ0) is 20.1. The van der Waals surface area contributed by atoms with Crippen molar-refractivity contribution in [1.29, 1.82) is 0 Å². The number of aromatic amines is 1. The van der Waals surface area contributed by atoms with Crippen LogP contribution < -0.4 is 4.74 Å². The van der Waals surface area contributed by atoms with Crippen molar-refractivity contribution in [2.45, 2.75) is 32.3 Å². The maximum Gasteiger partial charge on any atom is 0.133 e. The van der Waals surface area contributed by atoms with E-state index in [-0.39, 0.29) is 12.0 Å². The van der Waals surface area contributed by atoms with E-state index in [1.165, 1.54) is 0 Å². The lowest BCUT2D eigenvalue weighted by molar-refractivity contribution is -0.117. The lowest BCUT2D eigenvalue weighted by atomic mass is 10.0. The van der Waals surface area contributed by atoms with Crippen molar-refractivity contribution < 1.29 is 9.53 Å². The van der Waals surface area contributed by atoms with Gasteiger partial charge in [0.15, 0.2) is 0 Å². The second-order valence-corrected chi connectivity index (χ2v) is 8.37. The quantitative estimate of drug-likeness (QED) is 0.485. The Morgan fingerprint density at radius 3 is 2.93 bits per heavy atom. The number of aromatic nitrogens is 3. The minimum Gasteiger partial charge on any atom is -0.490 e. The number of hydrogen-bond donors (Lipinski definition) is 1. The molecule has 29 heavy (non-hydrogen) atoms. The van der Waals surface area contributed by atoms with Gasteiger partial charge in [-0.25, -0.2) is 0 Å². The standard InChI is InChI=1S/C23H22ClN3O2/c1-13(14-6-7-17(28)8-14)29-22-11-16(10-21-18(22)12-27(2)26-21)20-9-15-4-3-5-19(24)23(15)25-20/h3-5,9-14,25H,6-8H2,1-2H3/t13-,14+/m1/s1. The molecule has 1 aliphatic carbocycles. The fourth-order valence-electron chi connectivity index (χ4n) is 4.28. The molecule has 1 saturated carbocycles. The summed E-state index contributed by atoms with van der Waals surface area (Å²) in [5.74, 6) is 1.40. The number of ether oxygens (including phenoxy) is 1. The molecule has 2 aromatic heterocycles. The number of carbonyl (C=O) groups excluding carboxylic acids is 1. The third kappa shape index (κ3) is 3.29. The largest absolute Gasteiger partial charge is 0.490 e. The molecule has 0 radical (unpaired) electrons. The van der Waals surface area contributed by atoms with Crippen LogP contribution in [0.25, 0.3) is 33.1 Å². The normalized spacial score (nSPS) is 18.0. The zero-order valence-corrected chi connectivity index (χ0v) is 17.2. The molecule has 4 aromatic rings. The monoisotopic (exact) mass is 407 g/mol. The summed E-state index contributed by atoms with van der Waals surface area (Å²) in [6, 6.07) is 12.1. The number of carbonyl (C=O) groups is 1. The molecule has 148 valence electrons. The lowest BCUT2D eigenvalue weighted by Gasteiger charge is -2.21. The molecule has 2 atom stereocenters. The van der Waals surface area contributed by atoms with Gasteiger partial charge in [0, 0.05) is 48.6 Å². The summed E-state index contributed by atoms with van der Waals surface area (Å²) in [5, 5.41) is 7.33. The van der Waals surface area contributed by atoms with E-state index >= 15 is 0 Å². The van der Waals surface area contributed by atoms with Crippen LogP contribution in [0.15, 0.2) is 42.6 Å². The maximum atomic E-state index is 11.7. The van der Waals surface area contributed by atoms with Crippen LogP contribution in [0.4, 0.5) is 0 Å². The van der Waals surface area contributed by atoms with E-state index in [0.29, 0.717) is 23.6 Å². The number of fused-ring (bicyclic) bond motifs is 2. The molecule has 2 aromatic carbocycles. The van der Waals surface area contributed by atoms with Crippen LogP contribution in [0, 0.1) is 5.92 Å². The summed E-state index contributed by atoms with van der Waals surface area (Å²) in [7, 11) is 1.91. The summed E-state index contributed by atoms with van der Waals surface area (Å²) in [4.78, 5) is 15.1. The maximum absolute atomic E-state index is 11.7. The Kier molecular flexibility index (Phi) is 4.36. The predicted molar refractivity (Wildman–Crippen MR) is 115 cm³/mol. The highest BCUT2D eigenvalue weighted by atomic mass is 35.5. The van der Waals surface area contributed by atoms with Gasteiger partial charge in [-0.1, -0.05) is 23.7 Å². The first-order valence-corrected chi connectivity index (χ1v) is 10.3. The summed E-state index contributed by atoms with van der Waals surface area (Å²) >= 11 is 6.34. The van der Waals surface area contributed by atoms with Gasteiger partial charge in [0.05, 0.1) is 27.5 Å². The first-order valence-electron chi connectivity index (χ1n) is 9.91. The molecule has 1 N–H and O–H groups in total. The van der Waals surface area contributed by atoms with Gasteiger partial charge in [-0.05, 0) is 37.6 Å². The Bertz CT molecular complexity index is 1240. The average molecular weight is 408 g/mol. The number of rotatable bonds is 4. The molecule has 6 heteroatoms. The summed E-state index contributed by atoms with van der Waals surface area (Å²) in [5.41, 5.74) is 3.76. The van der Waals surface area contributed by atoms with E-state index in [1.54, 1.807) is 4.68 Å². The van der Waals surface area contributed by atoms with Crippen LogP contribution >= 0.6 is 11.6 Å². The second-order valence-electron chi connectivity index (χ2n) is 7.96. The van der Waals surface area contributed by atoms with Gasteiger partial charge >= 0.3 is 0 Å². The van der Waals surface area contributed by atoms with Gasteiger partial charge in [0.2, 0.25) is 0 Å². The molecule has 0 amide bonds. The van der Waals surface area contributed by atoms with Crippen LogP contribution in [-0.4, -0.2) is 26.7 Å². The van der Waals surface area contributed by atoms with Gasteiger partial charge in [0.25, 0.3) is 0 Å². The first-order chi connectivity index (χ1) is 14.0. The molecular formula is C23H22ClN3O2. The molecule has 2 heterocycles. The summed E-state index contributed by atoms with van der Waals surface area (Å²) in [6.45, 7) is 2.06. The number of ketones is 1. The Morgan fingerprint density at radius 1 is 1.31 bits per heavy atom. The molecule has 0 spiro atoms. The molecule has 0 unspecified atom stereocenters. The average Bonchev–Trinajstić information content (AvgIpc) is 3.39. The van der Waals surface area contributed by atoms with Crippen LogP contribution in [0.1, 0.15) is 26.2 Å². The van der Waals surface area contributed by atoms with Gasteiger partial charge in [0.1, 0.15) is 11.5 Å². The van der Waals surface area contributed by atoms with Gasteiger partial charge < -0.3 is 9.72 Å². The molecule has 5 nitrogen and oxygen atoms in total. The lowest BCUT2D eigenvalue weighted by Crippen LogP contribution is -2.21. The van der Waals surface area contributed by atoms with Crippen molar-refractivity contribution in [2.75, 3.05) is 0 Å². The number of nitrogens with zero attached hydrogens (tertiary/aromatic N) is 2. The molecule has 1 aliphatic rings. The van der Waals surface area contributed by atoms with Gasteiger partial charge in [-0.15, -0.1) is 0 Å². The zero-order valence-electron chi connectivity index (χ0n) is 16.4. The third-order valence-electron chi connectivity index (χ3n) is 5.88. The molecular weight excluding hydrogens is 386 g/mol. The topological polar surface area (TPSA) is 59.9 Å². The van der Waals surface area contributed by atoms with E-state index in [4.69, 9.17) is 16.3 Å². The number of halogens is 1. The van der Waals surface area contributed by atoms with E-state index in [2.05, 4.69) is 35.2 Å². The van der Waals surface area contributed by atoms with Crippen molar-refractivity contribution in [3.05, 3.63) is 47.6 Å². The summed E-state index contributed by atoms with van der Waals surface area (Å²) < 4.78 is 8.19. The van der Waals surface area contributed by atoms with Crippen molar-refractivity contribution >= 4 is 39.2 Å². The van der Waals surface area contributed by atoms with Gasteiger partial charge in [-0.3, -0.25) is 9.48 Å². The van der Waals surface area contributed by atoms with Crippen molar-refractivity contribution in [2.24, 2.45) is 13.0 Å². The number of H-pyrrole nitrogens is 1. The van der Waals surface area contributed by atoms with Crippen molar-refractivity contribution in [3.8, 4) is 17.0 Å². The Hall–Kier alpha value is -2.79. The van der Waals surface area contributed by atoms with Crippen LogP contribution in [0.3, 0.4) is 0 Å². The second kappa shape index (κ2) is 6.92. The number of aryl methyl sites for hydroxylation is 1. The Balaban J connectivity index is 1.57. The van der Waals surface area contributed by atoms with Gasteiger partial charge in [-0.2, -0.15) is 5.10 Å². The molecule has 1 fully saturated rings. The number of Topliss-reactive ketones (excluding diaryl/α,β-unsaturated/α-hetero) is 1. The highest BCUT2D eigenvalue weighted by molar-refractivity contribution is 6.35. The minimum atomic E-state index is -0.0303. The summed E-state index contributed by atoms with van der Waals surface area (Å²) in [6.07, 6.45) is 4.12. The minimum absolute atomic E-state index is 0.0303. The van der Waals surface area contributed by atoms with E-state index < -0.39 is 0 Å². The van der Waals surface area contributed by atoms with Crippen LogP contribution in [-0.2, 0) is 11.8 Å². The Morgan fingerprint density at radius 2 is 2.17 bits per heavy atom. The smallest absolute Gasteiger partial charge is 0.133 e. The number of nitrogens with one attached hydrogen (secondary N) is 1. The van der Waals surface area contributed by atoms with Crippen LogP contribution in [0.5, 0.6) is 5.75 Å². The number of benzene rings is 2. The number of para-hydroxylation sites is 1. The fraction of sp³-hybridized carbons (Fsp3) is 0.304. The molecule has 0 aliphatic heterocycles. The highest BCUT2D eigenvalue weighted by Gasteiger charge is 2.28. The predicted octanol–water partition coefficient (Wildman–Crippen LogP) is 5.51. The fourth-order valence-corrected chi connectivity index (χ4v) is 4.51. The highest BCUT2D eigenvalue weighted by Crippen LogP contribution is 2.36. The SMILES string of the molecule is C[C@@H](Oc1cc(-c2cc3cccc(Cl)c3[nH]2)cc2nn(C)cc12)[C@H]1CCC(=O)C1. The van der Waals surface area contributed by atoms with Crippen molar-refractivity contribution in [1.82, 2.24) is 14.8 Å². The molecule has 0 saturated heterocycles. The number of hydrogen-bond acceptors (Lipinski definition) is 3. The molecule has 5 rings (SSSR count). The third-order valence-corrected chi connectivity index (χ3v) is 6.19. The van der Waals surface area contributed by atoms with Crippen molar-refractivity contribution in [3.63, 3.8) is 0 Å². The van der Waals surface area contributed by atoms with Crippen LogP contribution in [0.2, 0.25) is 5.02 Å². The van der Waals surface area contributed by atoms with E-state index in [0.717, 1.165) is 45.2 Å². The molecule has 0 bridgehead atoms. The van der Waals surface area contributed by atoms with E-state index in [1.807, 2.05) is 31.4 Å². The van der Waals surface area contributed by atoms with E-state index in [9.17, 15) is 4.79 Å². The Labute approximate surface area is 173 Å². The first kappa shape index (κ1) is 18.3.